The first kappa shape index (κ1) is 11.6. The van der Waals surface area contributed by atoms with Crippen LogP contribution in [0.2, 0.25) is 0 Å². The van der Waals surface area contributed by atoms with Crippen LogP contribution in [0.5, 0.6) is 0 Å². The number of nitrogens with one attached hydrogen (secondary N) is 2. The van der Waals surface area contributed by atoms with Crippen LogP contribution in [0, 0.1) is 11.8 Å². The van der Waals surface area contributed by atoms with Gasteiger partial charge in [-0.05, 0) is 44.7 Å². The van der Waals surface area contributed by atoms with Gasteiger partial charge in [-0.15, -0.1) is 0 Å². The summed E-state index contributed by atoms with van der Waals surface area (Å²) < 4.78 is 0. The van der Waals surface area contributed by atoms with Crippen LogP contribution in [0.25, 0.3) is 0 Å². The number of rotatable bonds is 3. The molecule has 1 aliphatic heterocycles. The maximum Gasteiger partial charge on any atom is 0.227 e. The molecule has 0 aromatic carbocycles. The molecular weight excluding hydrogens is 204 g/mol. The highest BCUT2D eigenvalue weighted by Crippen LogP contribution is 2.31. The van der Waals surface area contributed by atoms with Crippen LogP contribution in [-0.4, -0.2) is 30.8 Å². The number of fused-ring (bicyclic) bond motifs is 2. The molecule has 0 aromatic heterocycles. The standard InChI is InChI=1S/C12H20N2O2/c1-8(15)5-11(16)14-12-9-3-2-4-10(12)7-13-6-9/h9-10,12-13H,2-7H2,1H3,(H,14,16)/t9-,10-/m1/s1. The molecule has 0 unspecified atom stereocenters. The van der Waals surface area contributed by atoms with Gasteiger partial charge in [-0.1, -0.05) is 6.42 Å². The molecule has 0 spiro atoms. The zero-order chi connectivity index (χ0) is 11.5. The number of hydrogen-bond acceptors (Lipinski definition) is 3. The second kappa shape index (κ2) is 4.95. The second-order valence-electron chi connectivity index (χ2n) is 5.08. The van der Waals surface area contributed by atoms with Crippen LogP contribution in [0.1, 0.15) is 32.6 Å². The zero-order valence-corrected chi connectivity index (χ0v) is 9.79. The van der Waals surface area contributed by atoms with E-state index in [0.717, 1.165) is 13.1 Å². The lowest BCUT2D eigenvalue weighted by Crippen LogP contribution is -2.57. The Morgan fingerprint density at radius 1 is 1.25 bits per heavy atom. The van der Waals surface area contributed by atoms with Gasteiger partial charge in [0.25, 0.3) is 0 Å². The third-order valence-corrected chi connectivity index (χ3v) is 3.72. The highest BCUT2D eigenvalue weighted by Gasteiger charge is 2.36. The number of amides is 1. The molecule has 4 nitrogen and oxygen atoms in total. The fourth-order valence-corrected chi connectivity index (χ4v) is 3.00. The minimum Gasteiger partial charge on any atom is -0.352 e. The van der Waals surface area contributed by atoms with E-state index in [0.29, 0.717) is 17.9 Å². The van der Waals surface area contributed by atoms with Crippen LogP contribution in [0.3, 0.4) is 0 Å². The smallest absolute Gasteiger partial charge is 0.227 e. The van der Waals surface area contributed by atoms with Gasteiger partial charge >= 0.3 is 0 Å². The lowest BCUT2D eigenvalue weighted by molar-refractivity contribution is -0.128. The Hall–Kier alpha value is -0.900. The Morgan fingerprint density at radius 3 is 2.44 bits per heavy atom. The summed E-state index contributed by atoms with van der Waals surface area (Å²) >= 11 is 0. The molecule has 1 saturated heterocycles. The van der Waals surface area contributed by atoms with Crippen molar-refractivity contribution in [1.82, 2.24) is 10.6 Å². The molecule has 2 rings (SSSR count). The minimum absolute atomic E-state index is 0.0311. The molecule has 2 bridgehead atoms. The van der Waals surface area contributed by atoms with Crippen molar-refractivity contribution in [2.24, 2.45) is 11.8 Å². The topological polar surface area (TPSA) is 58.2 Å². The monoisotopic (exact) mass is 224 g/mol. The van der Waals surface area contributed by atoms with Crippen LogP contribution in [0.15, 0.2) is 0 Å². The maximum absolute atomic E-state index is 11.6. The van der Waals surface area contributed by atoms with Crippen molar-refractivity contribution in [3.8, 4) is 0 Å². The fourth-order valence-electron chi connectivity index (χ4n) is 3.00. The van der Waals surface area contributed by atoms with E-state index in [-0.39, 0.29) is 18.1 Å². The predicted octanol–water partition coefficient (Wildman–Crippen LogP) is 0.470. The molecule has 2 aliphatic rings. The molecule has 1 saturated carbocycles. The van der Waals surface area contributed by atoms with Gasteiger partial charge in [0.05, 0.1) is 6.42 Å². The van der Waals surface area contributed by atoms with Gasteiger partial charge in [0, 0.05) is 6.04 Å². The molecule has 4 heteroatoms. The second-order valence-corrected chi connectivity index (χ2v) is 5.08. The van der Waals surface area contributed by atoms with Crippen LogP contribution < -0.4 is 10.6 Å². The molecule has 1 aliphatic carbocycles. The van der Waals surface area contributed by atoms with Gasteiger partial charge in [-0.2, -0.15) is 0 Å². The van der Waals surface area contributed by atoms with Crippen LogP contribution in [-0.2, 0) is 9.59 Å². The normalized spacial score (nSPS) is 33.2. The summed E-state index contributed by atoms with van der Waals surface area (Å²) in [6, 6.07) is 0.293. The van der Waals surface area contributed by atoms with Crippen LogP contribution >= 0.6 is 0 Å². The van der Waals surface area contributed by atoms with E-state index in [2.05, 4.69) is 10.6 Å². The number of hydrogen-bond donors (Lipinski definition) is 2. The molecular formula is C12H20N2O2. The highest BCUT2D eigenvalue weighted by molar-refractivity contribution is 5.96. The number of carbonyl (C=O) groups is 2. The third kappa shape index (κ3) is 2.61. The molecule has 90 valence electrons. The summed E-state index contributed by atoms with van der Waals surface area (Å²) in [5, 5.41) is 6.46. The van der Waals surface area contributed by atoms with Gasteiger partial charge < -0.3 is 10.6 Å². The van der Waals surface area contributed by atoms with Crippen molar-refractivity contribution in [2.75, 3.05) is 13.1 Å². The highest BCUT2D eigenvalue weighted by atomic mass is 16.2. The summed E-state index contributed by atoms with van der Waals surface area (Å²) in [5.74, 6) is 0.958. The molecule has 1 heterocycles. The molecule has 2 atom stereocenters. The molecule has 2 N–H and O–H groups in total. The number of Topliss-reactive ketones (excluding diaryl/α,β-unsaturated/α-hetero) is 1. The van der Waals surface area contributed by atoms with E-state index in [1.54, 1.807) is 0 Å². The summed E-state index contributed by atoms with van der Waals surface area (Å²) in [4.78, 5) is 22.5. The summed E-state index contributed by atoms with van der Waals surface area (Å²) in [5.41, 5.74) is 0. The van der Waals surface area contributed by atoms with E-state index < -0.39 is 0 Å². The van der Waals surface area contributed by atoms with Gasteiger partial charge in [-0.3, -0.25) is 9.59 Å². The number of piperidine rings is 1. The van der Waals surface area contributed by atoms with E-state index in [9.17, 15) is 9.59 Å². The Balaban J connectivity index is 1.92. The first-order chi connectivity index (χ1) is 7.66. The van der Waals surface area contributed by atoms with E-state index >= 15 is 0 Å². The first-order valence-electron chi connectivity index (χ1n) is 6.16. The maximum atomic E-state index is 11.6. The minimum atomic E-state index is -0.101. The Bertz CT molecular complexity index is 269. The summed E-state index contributed by atoms with van der Waals surface area (Å²) in [6.07, 6.45) is 3.68. The van der Waals surface area contributed by atoms with Gasteiger partial charge in [0.1, 0.15) is 5.78 Å². The summed E-state index contributed by atoms with van der Waals surface area (Å²) in [7, 11) is 0. The van der Waals surface area contributed by atoms with Crippen molar-refractivity contribution in [2.45, 2.75) is 38.6 Å². The fraction of sp³-hybridized carbons (Fsp3) is 0.833. The quantitative estimate of drug-likeness (QED) is 0.685. The van der Waals surface area contributed by atoms with Crippen molar-refractivity contribution < 1.29 is 9.59 Å². The average molecular weight is 224 g/mol. The van der Waals surface area contributed by atoms with Crippen molar-refractivity contribution >= 4 is 11.7 Å². The molecule has 0 aromatic rings. The Kier molecular flexibility index (Phi) is 3.59. The summed E-state index contributed by atoms with van der Waals surface area (Å²) in [6.45, 7) is 3.46. The average Bonchev–Trinajstić information content (AvgIpc) is 2.15. The lowest BCUT2D eigenvalue weighted by atomic mass is 9.74. The van der Waals surface area contributed by atoms with Crippen molar-refractivity contribution in [3.05, 3.63) is 0 Å². The molecule has 1 amide bonds. The first-order valence-corrected chi connectivity index (χ1v) is 6.16. The van der Waals surface area contributed by atoms with Gasteiger partial charge in [0.2, 0.25) is 5.91 Å². The zero-order valence-electron chi connectivity index (χ0n) is 9.79. The molecule has 16 heavy (non-hydrogen) atoms. The van der Waals surface area contributed by atoms with Gasteiger partial charge in [0.15, 0.2) is 0 Å². The Labute approximate surface area is 96.2 Å². The van der Waals surface area contributed by atoms with Crippen molar-refractivity contribution in [1.29, 1.82) is 0 Å². The van der Waals surface area contributed by atoms with Crippen molar-refractivity contribution in [3.63, 3.8) is 0 Å². The van der Waals surface area contributed by atoms with Gasteiger partial charge in [-0.25, -0.2) is 0 Å². The lowest BCUT2D eigenvalue weighted by Gasteiger charge is -2.43. The third-order valence-electron chi connectivity index (χ3n) is 3.72. The number of carbonyl (C=O) groups excluding carboxylic acids is 2. The molecule has 0 radical (unpaired) electrons. The number of ketones is 1. The van der Waals surface area contributed by atoms with E-state index in [1.165, 1.54) is 26.2 Å². The largest absolute Gasteiger partial charge is 0.352 e. The Morgan fingerprint density at radius 2 is 1.88 bits per heavy atom. The van der Waals surface area contributed by atoms with E-state index in [1.807, 2.05) is 0 Å². The SMILES string of the molecule is CC(=O)CC(=O)NC1[C@@H]2CCC[C@@H]1CNC2. The molecule has 2 fully saturated rings. The van der Waals surface area contributed by atoms with Crippen LogP contribution in [0.4, 0.5) is 0 Å². The van der Waals surface area contributed by atoms with E-state index in [4.69, 9.17) is 0 Å². The predicted molar refractivity (Wildman–Crippen MR) is 60.9 cm³/mol.